The molecule has 0 heterocycles. The molecule has 0 aliphatic heterocycles. The highest BCUT2D eigenvalue weighted by atomic mass is 19.1. The predicted molar refractivity (Wildman–Crippen MR) is 61.8 cm³/mol. The van der Waals surface area contributed by atoms with Crippen LogP contribution in [0, 0.1) is 5.82 Å². The molecule has 0 bridgehead atoms. The van der Waals surface area contributed by atoms with E-state index in [0.29, 0.717) is 6.42 Å². The molecule has 0 amide bonds. The normalized spacial score (nSPS) is 12.1. The second-order valence-corrected chi connectivity index (χ2v) is 3.82. The average Bonchev–Trinajstić information content (AvgIpc) is 2.27. The Balaban J connectivity index is 2.43. The van der Waals surface area contributed by atoms with Crippen LogP contribution in [0.25, 0.3) is 0 Å². The Morgan fingerprint density at radius 3 is 2.61 bits per heavy atom. The van der Waals surface area contributed by atoms with Crippen molar-refractivity contribution >= 4 is 11.9 Å². The highest BCUT2D eigenvalue weighted by Gasteiger charge is 2.19. The maximum atomic E-state index is 12.9. The molecule has 1 aromatic carbocycles. The van der Waals surface area contributed by atoms with E-state index in [9.17, 15) is 14.0 Å². The summed E-state index contributed by atoms with van der Waals surface area (Å²) in [6.07, 6.45) is -0.0559. The third-order valence-electron chi connectivity index (χ3n) is 2.37. The van der Waals surface area contributed by atoms with E-state index in [1.807, 2.05) is 0 Å². The van der Waals surface area contributed by atoms with Gasteiger partial charge < -0.3 is 15.5 Å². The number of hydrogen-bond donors (Lipinski definition) is 3. The Kier molecular flexibility index (Phi) is 5.26. The molecule has 98 valence electrons. The molecule has 0 fully saturated rings. The molecular weight excluding hydrogens is 241 g/mol. The first-order chi connectivity index (χ1) is 8.49. The lowest BCUT2D eigenvalue weighted by molar-refractivity contribution is -0.145. The maximum absolute atomic E-state index is 12.9. The summed E-state index contributed by atoms with van der Waals surface area (Å²) in [5.41, 5.74) is 0.724. The number of aliphatic carboxylic acids is 2. The molecule has 5 nitrogen and oxygen atoms in total. The predicted octanol–water partition coefficient (Wildman–Crippen LogP) is 0.886. The SMILES string of the molecule is O=C(O)CC(NCCc1cccc(F)c1)C(=O)O. The number of carboxylic acid groups (broad SMARTS) is 2. The van der Waals surface area contributed by atoms with E-state index in [4.69, 9.17) is 10.2 Å². The molecule has 1 aromatic rings. The molecule has 0 aliphatic rings. The highest BCUT2D eigenvalue weighted by Crippen LogP contribution is 2.04. The Bertz CT molecular complexity index is 436. The Morgan fingerprint density at radius 2 is 2.06 bits per heavy atom. The van der Waals surface area contributed by atoms with Gasteiger partial charge in [-0.3, -0.25) is 9.59 Å². The molecular formula is C12H14FNO4. The standard InChI is InChI=1S/C12H14FNO4/c13-9-3-1-2-8(6-9)4-5-14-10(12(17)18)7-11(15)16/h1-3,6,10,14H,4-5,7H2,(H,15,16)(H,17,18). The molecule has 0 radical (unpaired) electrons. The van der Waals surface area contributed by atoms with Crippen LogP contribution in [-0.2, 0) is 16.0 Å². The van der Waals surface area contributed by atoms with Gasteiger partial charge in [0.25, 0.3) is 0 Å². The van der Waals surface area contributed by atoms with Crippen LogP contribution in [0.1, 0.15) is 12.0 Å². The van der Waals surface area contributed by atoms with Crippen molar-refractivity contribution in [1.82, 2.24) is 5.32 Å². The maximum Gasteiger partial charge on any atom is 0.321 e. The van der Waals surface area contributed by atoms with Crippen LogP contribution in [0.15, 0.2) is 24.3 Å². The number of rotatable bonds is 7. The first-order valence-corrected chi connectivity index (χ1v) is 5.41. The van der Waals surface area contributed by atoms with E-state index < -0.39 is 24.4 Å². The fourth-order valence-electron chi connectivity index (χ4n) is 1.50. The molecule has 6 heteroatoms. The van der Waals surface area contributed by atoms with E-state index in [-0.39, 0.29) is 12.4 Å². The molecule has 0 saturated carbocycles. The van der Waals surface area contributed by atoms with Gasteiger partial charge in [0, 0.05) is 0 Å². The van der Waals surface area contributed by atoms with E-state index in [0.717, 1.165) is 5.56 Å². The van der Waals surface area contributed by atoms with E-state index in [1.165, 1.54) is 12.1 Å². The number of benzene rings is 1. The van der Waals surface area contributed by atoms with Crippen LogP contribution in [-0.4, -0.2) is 34.7 Å². The van der Waals surface area contributed by atoms with Crippen molar-refractivity contribution in [2.75, 3.05) is 6.54 Å². The smallest absolute Gasteiger partial charge is 0.321 e. The fourth-order valence-corrected chi connectivity index (χ4v) is 1.50. The van der Waals surface area contributed by atoms with Crippen molar-refractivity contribution in [2.45, 2.75) is 18.9 Å². The number of halogens is 1. The second-order valence-electron chi connectivity index (χ2n) is 3.82. The first-order valence-electron chi connectivity index (χ1n) is 5.41. The van der Waals surface area contributed by atoms with E-state index in [2.05, 4.69) is 5.32 Å². The molecule has 0 aromatic heterocycles. The van der Waals surface area contributed by atoms with Crippen LogP contribution in [0.3, 0.4) is 0 Å². The quantitative estimate of drug-likeness (QED) is 0.673. The lowest BCUT2D eigenvalue weighted by Crippen LogP contribution is -2.39. The van der Waals surface area contributed by atoms with E-state index in [1.54, 1.807) is 12.1 Å². The molecule has 3 N–H and O–H groups in total. The summed E-state index contributed by atoms with van der Waals surface area (Å²) in [6, 6.07) is 4.83. The molecule has 1 atom stereocenters. The fraction of sp³-hybridized carbons (Fsp3) is 0.333. The van der Waals surface area contributed by atoms with Gasteiger partial charge in [-0.15, -0.1) is 0 Å². The van der Waals surface area contributed by atoms with Gasteiger partial charge in [-0.25, -0.2) is 4.39 Å². The van der Waals surface area contributed by atoms with Crippen LogP contribution < -0.4 is 5.32 Å². The highest BCUT2D eigenvalue weighted by molar-refractivity contribution is 5.80. The molecule has 0 aliphatic carbocycles. The molecule has 1 unspecified atom stereocenters. The van der Waals surface area contributed by atoms with Crippen molar-refractivity contribution in [3.05, 3.63) is 35.6 Å². The third kappa shape index (κ3) is 4.92. The van der Waals surface area contributed by atoms with Crippen molar-refractivity contribution in [3.8, 4) is 0 Å². The summed E-state index contributed by atoms with van der Waals surface area (Å²) in [5, 5.41) is 19.9. The van der Waals surface area contributed by atoms with Gasteiger partial charge in [0.05, 0.1) is 6.42 Å². The summed E-state index contributed by atoms with van der Waals surface area (Å²) in [7, 11) is 0. The topological polar surface area (TPSA) is 86.6 Å². The van der Waals surface area contributed by atoms with Gasteiger partial charge in [-0.05, 0) is 30.7 Å². The minimum Gasteiger partial charge on any atom is -0.481 e. The zero-order valence-corrected chi connectivity index (χ0v) is 9.60. The lowest BCUT2D eigenvalue weighted by atomic mass is 10.1. The third-order valence-corrected chi connectivity index (χ3v) is 2.37. The van der Waals surface area contributed by atoms with Crippen molar-refractivity contribution in [3.63, 3.8) is 0 Å². The molecule has 0 spiro atoms. The van der Waals surface area contributed by atoms with Gasteiger partial charge in [0.15, 0.2) is 0 Å². The summed E-state index contributed by atoms with van der Waals surface area (Å²) in [5.74, 6) is -2.75. The number of carbonyl (C=O) groups is 2. The first kappa shape index (κ1) is 14.1. The van der Waals surface area contributed by atoms with Gasteiger partial charge in [-0.2, -0.15) is 0 Å². The van der Waals surface area contributed by atoms with Gasteiger partial charge in [0.1, 0.15) is 11.9 Å². The van der Waals surface area contributed by atoms with Crippen molar-refractivity contribution in [2.24, 2.45) is 0 Å². The van der Waals surface area contributed by atoms with E-state index >= 15 is 0 Å². The van der Waals surface area contributed by atoms with Crippen LogP contribution in [0.5, 0.6) is 0 Å². The van der Waals surface area contributed by atoms with Crippen LogP contribution >= 0.6 is 0 Å². The van der Waals surface area contributed by atoms with Gasteiger partial charge in [0.2, 0.25) is 0 Å². The number of carboxylic acids is 2. The zero-order valence-electron chi connectivity index (χ0n) is 9.60. The summed E-state index contributed by atoms with van der Waals surface area (Å²) >= 11 is 0. The minimum absolute atomic E-state index is 0.272. The molecule has 0 saturated heterocycles. The Morgan fingerprint density at radius 1 is 1.33 bits per heavy atom. The second kappa shape index (κ2) is 6.70. The van der Waals surface area contributed by atoms with Crippen LogP contribution in [0.2, 0.25) is 0 Å². The summed E-state index contributed by atoms with van der Waals surface area (Å²) < 4.78 is 12.9. The zero-order chi connectivity index (χ0) is 13.5. The van der Waals surface area contributed by atoms with Crippen LogP contribution in [0.4, 0.5) is 4.39 Å². The molecule has 1 rings (SSSR count). The lowest BCUT2D eigenvalue weighted by Gasteiger charge is -2.12. The number of hydrogen-bond acceptors (Lipinski definition) is 3. The van der Waals surface area contributed by atoms with Gasteiger partial charge >= 0.3 is 11.9 Å². The van der Waals surface area contributed by atoms with Crippen molar-refractivity contribution < 1.29 is 24.2 Å². The minimum atomic E-state index is -1.21. The molecule has 18 heavy (non-hydrogen) atoms. The van der Waals surface area contributed by atoms with Gasteiger partial charge in [-0.1, -0.05) is 12.1 Å². The number of nitrogens with one attached hydrogen (secondary N) is 1. The van der Waals surface area contributed by atoms with Crippen molar-refractivity contribution in [1.29, 1.82) is 0 Å². The largest absolute Gasteiger partial charge is 0.481 e. The average molecular weight is 255 g/mol. The summed E-state index contributed by atoms with van der Waals surface area (Å²) in [6.45, 7) is 0.272. The monoisotopic (exact) mass is 255 g/mol. The summed E-state index contributed by atoms with van der Waals surface area (Å²) in [4.78, 5) is 21.2. The Hall–Kier alpha value is -1.95. The Labute approximate surface area is 103 Å².